The normalized spacial score (nSPS) is 9.95. The van der Waals surface area contributed by atoms with E-state index in [0.29, 0.717) is 11.3 Å². The maximum absolute atomic E-state index is 11.8. The molecular formula is C15H14N2O4. The number of carboxylic acid groups (broad SMARTS) is 1. The Morgan fingerprint density at radius 2 is 1.62 bits per heavy atom. The summed E-state index contributed by atoms with van der Waals surface area (Å²) in [4.78, 5) is 22.8. The van der Waals surface area contributed by atoms with E-state index in [4.69, 9.17) is 5.11 Å². The third kappa shape index (κ3) is 3.50. The van der Waals surface area contributed by atoms with E-state index >= 15 is 0 Å². The highest BCUT2D eigenvalue weighted by molar-refractivity contribution is 6.01. The molecule has 2 aromatic rings. The maximum atomic E-state index is 11.8. The van der Waals surface area contributed by atoms with Crippen LogP contribution >= 0.6 is 0 Å². The molecule has 2 rings (SSSR count). The molecule has 2 aromatic carbocycles. The smallest absolute Gasteiger partial charge is 0.339 e. The van der Waals surface area contributed by atoms with Crippen LogP contribution in [0.2, 0.25) is 0 Å². The van der Waals surface area contributed by atoms with Crippen molar-refractivity contribution in [2.45, 2.75) is 6.92 Å². The van der Waals surface area contributed by atoms with E-state index in [1.165, 1.54) is 12.1 Å². The van der Waals surface area contributed by atoms with Gasteiger partial charge in [-0.1, -0.05) is 18.2 Å². The summed E-state index contributed by atoms with van der Waals surface area (Å²) >= 11 is 0. The van der Waals surface area contributed by atoms with Gasteiger partial charge in [0.25, 0.3) is 0 Å². The molecular weight excluding hydrogens is 272 g/mol. The molecule has 0 aliphatic carbocycles. The SMILES string of the molecule is Cc1cc(NC(=O)Nc2ccccc2)cc(C(=O)O)c1O. The summed E-state index contributed by atoms with van der Waals surface area (Å²) in [6, 6.07) is 11.0. The van der Waals surface area contributed by atoms with Gasteiger partial charge in [-0.15, -0.1) is 0 Å². The molecule has 0 aliphatic heterocycles. The Hall–Kier alpha value is -3.02. The highest BCUT2D eigenvalue weighted by Gasteiger charge is 2.14. The number of carbonyl (C=O) groups excluding carboxylic acids is 1. The van der Waals surface area contributed by atoms with Gasteiger partial charge in [0.2, 0.25) is 0 Å². The molecule has 0 unspecified atom stereocenters. The van der Waals surface area contributed by atoms with E-state index in [2.05, 4.69) is 10.6 Å². The van der Waals surface area contributed by atoms with E-state index in [0.717, 1.165) is 0 Å². The molecule has 0 saturated heterocycles. The molecule has 0 saturated carbocycles. The Kier molecular flexibility index (Phi) is 4.08. The molecule has 0 aromatic heterocycles. The van der Waals surface area contributed by atoms with Gasteiger partial charge < -0.3 is 20.8 Å². The van der Waals surface area contributed by atoms with Crippen LogP contribution < -0.4 is 10.6 Å². The van der Waals surface area contributed by atoms with Crippen molar-refractivity contribution in [3.63, 3.8) is 0 Å². The lowest BCUT2D eigenvalue weighted by Gasteiger charge is -2.10. The summed E-state index contributed by atoms with van der Waals surface area (Å²) < 4.78 is 0. The van der Waals surface area contributed by atoms with Crippen molar-refractivity contribution in [1.82, 2.24) is 0 Å². The minimum absolute atomic E-state index is 0.259. The number of rotatable bonds is 3. The van der Waals surface area contributed by atoms with E-state index < -0.39 is 12.0 Å². The summed E-state index contributed by atoms with van der Waals surface area (Å²) in [6.45, 7) is 1.56. The summed E-state index contributed by atoms with van der Waals surface area (Å²) in [5.41, 5.74) is 1.01. The number of hydrogen-bond acceptors (Lipinski definition) is 3. The second kappa shape index (κ2) is 5.96. The fourth-order valence-electron chi connectivity index (χ4n) is 1.83. The van der Waals surface area contributed by atoms with Crippen LogP contribution in [0.4, 0.5) is 16.2 Å². The molecule has 0 fully saturated rings. The van der Waals surface area contributed by atoms with Gasteiger partial charge in [0.1, 0.15) is 11.3 Å². The first-order valence-corrected chi connectivity index (χ1v) is 6.17. The number of urea groups is 1. The van der Waals surface area contributed by atoms with Crippen molar-refractivity contribution >= 4 is 23.4 Å². The molecule has 2 amide bonds. The number of phenols is 1. The Bertz CT molecular complexity index is 684. The second-order valence-electron chi connectivity index (χ2n) is 4.44. The van der Waals surface area contributed by atoms with Gasteiger partial charge in [0.05, 0.1) is 0 Å². The highest BCUT2D eigenvalue weighted by atomic mass is 16.4. The summed E-state index contributed by atoms with van der Waals surface area (Å²) in [6.07, 6.45) is 0. The molecule has 0 radical (unpaired) electrons. The van der Waals surface area contributed by atoms with Crippen LogP contribution in [-0.2, 0) is 0 Å². The zero-order valence-corrected chi connectivity index (χ0v) is 11.3. The van der Waals surface area contributed by atoms with Crippen LogP contribution in [0.1, 0.15) is 15.9 Å². The van der Waals surface area contributed by atoms with Crippen LogP contribution in [-0.4, -0.2) is 22.2 Å². The first-order chi connectivity index (χ1) is 9.97. The zero-order valence-electron chi connectivity index (χ0n) is 11.3. The summed E-state index contributed by atoms with van der Waals surface area (Å²) in [5.74, 6) is -1.57. The number of nitrogens with one attached hydrogen (secondary N) is 2. The minimum atomic E-state index is -1.26. The van der Waals surface area contributed by atoms with Crippen LogP contribution in [0.25, 0.3) is 0 Å². The van der Waals surface area contributed by atoms with E-state index in [1.54, 1.807) is 31.2 Å². The van der Waals surface area contributed by atoms with Crippen molar-refractivity contribution in [2.75, 3.05) is 10.6 Å². The summed E-state index contributed by atoms with van der Waals surface area (Å²) in [5, 5.41) is 23.8. The Labute approximate surface area is 121 Å². The minimum Gasteiger partial charge on any atom is -0.507 e. The van der Waals surface area contributed by atoms with Crippen LogP contribution in [0.3, 0.4) is 0 Å². The van der Waals surface area contributed by atoms with Gasteiger partial charge in [-0.25, -0.2) is 9.59 Å². The molecule has 0 atom stereocenters. The number of para-hydroxylation sites is 1. The van der Waals surface area contributed by atoms with Gasteiger partial charge in [-0.2, -0.15) is 0 Å². The molecule has 4 N–H and O–H groups in total. The quantitative estimate of drug-likeness (QED) is 0.652. The number of amides is 2. The fourth-order valence-corrected chi connectivity index (χ4v) is 1.83. The number of aryl methyl sites for hydroxylation is 1. The molecule has 108 valence electrons. The number of hydrogen-bond donors (Lipinski definition) is 4. The molecule has 0 heterocycles. The predicted molar refractivity (Wildman–Crippen MR) is 78.9 cm³/mol. The highest BCUT2D eigenvalue weighted by Crippen LogP contribution is 2.26. The Morgan fingerprint density at radius 3 is 2.24 bits per heavy atom. The standard InChI is InChI=1S/C15H14N2O4/c1-9-7-11(8-12(13(9)18)14(19)20)17-15(21)16-10-5-3-2-4-6-10/h2-8,18H,1H3,(H,19,20)(H2,16,17,21). The predicted octanol–water partition coefficient (Wildman–Crippen LogP) is 3.04. The lowest BCUT2D eigenvalue weighted by molar-refractivity contribution is 0.0693. The first kappa shape index (κ1) is 14.4. The molecule has 21 heavy (non-hydrogen) atoms. The van der Waals surface area contributed by atoms with Gasteiger partial charge in [-0.05, 0) is 36.8 Å². The largest absolute Gasteiger partial charge is 0.507 e. The lowest BCUT2D eigenvalue weighted by Crippen LogP contribution is -2.19. The van der Waals surface area contributed by atoms with E-state index in [9.17, 15) is 14.7 Å². The molecule has 0 spiro atoms. The van der Waals surface area contributed by atoms with Crippen LogP contribution in [0.5, 0.6) is 5.75 Å². The maximum Gasteiger partial charge on any atom is 0.339 e. The van der Waals surface area contributed by atoms with Crippen molar-refractivity contribution in [1.29, 1.82) is 0 Å². The number of aromatic carboxylic acids is 1. The average Bonchev–Trinajstić information content (AvgIpc) is 2.43. The van der Waals surface area contributed by atoms with Crippen molar-refractivity contribution in [3.05, 3.63) is 53.6 Å². The lowest BCUT2D eigenvalue weighted by atomic mass is 10.1. The van der Waals surface area contributed by atoms with Gasteiger partial charge in [0.15, 0.2) is 0 Å². The fraction of sp³-hybridized carbons (Fsp3) is 0.0667. The zero-order chi connectivity index (χ0) is 15.4. The van der Waals surface area contributed by atoms with E-state index in [-0.39, 0.29) is 17.0 Å². The molecule has 6 nitrogen and oxygen atoms in total. The van der Waals surface area contributed by atoms with Gasteiger partial charge in [-0.3, -0.25) is 0 Å². The topological polar surface area (TPSA) is 98.7 Å². The van der Waals surface area contributed by atoms with Crippen molar-refractivity contribution in [3.8, 4) is 5.75 Å². The van der Waals surface area contributed by atoms with Gasteiger partial charge in [0, 0.05) is 11.4 Å². The first-order valence-electron chi connectivity index (χ1n) is 6.17. The van der Waals surface area contributed by atoms with E-state index in [1.807, 2.05) is 6.07 Å². The summed E-state index contributed by atoms with van der Waals surface area (Å²) in [7, 11) is 0. The third-order valence-corrected chi connectivity index (χ3v) is 2.82. The average molecular weight is 286 g/mol. The van der Waals surface area contributed by atoms with Gasteiger partial charge >= 0.3 is 12.0 Å². The van der Waals surface area contributed by atoms with Crippen LogP contribution in [0.15, 0.2) is 42.5 Å². The number of anilines is 2. The van der Waals surface area contributed by atoms with Crippen molar-refractivity contribution < 1.29 is 19.8 Å². The number of carbonyl (C=O) groups is 2. The Morgan fingerprint density at radius 1 is 1.00 bits per heavy atom. The molecule has 0 aliphatic rings. The van der Waals surface area contributed by atoms with Crippen molar-refractivity contribution in [2.24, 2.45) is 0 Å². The third-order valence-electron chi connectivity index (χ3n) is 2.82. The number of benzene rings is 2. The molecule has 6 heteroatoms. The van der Waals surface area contributed by atoms with Crippen LogP contribution in [0, 0.1) is 6.92 Å². The monoisotopic (exact) mass is 286 g/mol. The number of carboxylic acids is 1. The molecule has 0 bridgehead atoms. The second-order valence-corrected chi connectivity index (χ2v) is 4.44. The Balaban J connectivity index is 2.16. The number of aromatic hydroxyl groups is 1.